The summed E-state index contributed by atoms with van der Waals surface area (Å²) in [5.74, 6) is -1.32. The molecule has 0 bridgehead atoms. The van der Waals surface area contributed by atoms with Gasteiger partial charge < -0.3 is 4.90 Å². The molecular formula is C16H16N4O4S. The lowest BCUT2D eigenvalue weighted by atomic mass is 10.1. The lowest BCUT2D eigenvalue weighted by Gasteiger charge is -2.27. The molecule has 1 aliphatic heterocycles. The van der Waals surface area contributed by atoms with Gasteiger partial charge in [0.2, 0.25) is 0 Å². The highest BCUT2D eigenvalue weighted by atomic mass is 32.1. The highest BCUT2D eigenvalue weighted by Gasteiger charge is 2.33. The zero-order valence-corrected chi connectivity index (χ0v) is 14.5. The highest BCUT2D eigenvalue weighted by Crippen LogP contribution is 2.27. The second-order valence-electron chi connectivity index (χ2n) is 5.42. The highest BCUT2D eigenvalue weighted by molar-refractivity contribution is 7.80. The van der Waals surface area contributed by atoms with E-state index in [2.05, 4.69) is 11.9 Å². The van der Waals surface area contributed by atoms with Crippen LogP contribution in [-0.4, -0.2) is 47.4 Å². The molecule has 1 fully saturated rings. The molecule has 1 heterocycles. The van der Waals surface area contributed by atoms with Crippen LogP contribution in [0.5, 0.6) is 0 Å². The molecule has 1 aromatic rings. The van der Waals surface area contributed by atoms with Gasteiger partial charge in [0.1, 0.15) is 5.57 Å². The number of rotatable bonds is 5. The van der Waals surface area contributed by atoms with Gasteiger partial charge in [-0.15, -0.1) is 6.58 Å². The first-order valence-electron chi connectivity index (χ1n) is 7.21. The number of benzene rings is 1. The predicted octanol–water partition coefficient (Wildman–Crippen LogP) is 1.47. The van der Waals surface area contributed by atoms with Crippen molar-refractivity contribution in [2.24, 2.45) is 0 Å². The fourth-order valence-electron chi connectivity index (χ4n) is 2.23. The van der Waals surface area contributed by atoms with Crippen molar-refractivity contribution < 1.29 is 14.5 Å². The van der Waals surface area contributed by atoms with Crippen molar-refractivity contribution in [3.8, 4) is 0 Å². The third-order valence-corrected chi connectivity index (χ3v) is 3.85. The number of nitro groups is 1. The van der Waals surface area contributed by atoms with Gasteiger partial charge in [-0.05, 0) is 30.4 Å². The van der Waals surface area contributed by atoms with Crippen molar-refractivity contribution in [1.29, 1.82) is 0 Å². The molecule has 1 aliphatic rings. The van der Waals surface area contributed by atoms with E-state index < -0.39 is 16.7 Å². The molecule has 0 aliphatic carbocycles. The Morgan fingerprint density at radius 3 is 2.64 bits per heavy atom. The first-order chi connectivity index (χ1) is 11.8. The molecule has 0 radical (unpaired) electrons. The summed E-state index contributed by atoms with van der Waals surface area (Å²) in [5.41, 5.74) is 0.349. The lowest BCUT2D eigenvalue weighted by Crippen LogP contribution is -2.53. The molecule has 9 heteroatoms. The Hall–Kier alpha value is -3.07. The zero-order chi connectivity index (χ0) is 18.7. The standard InChI is InChI=1S/C16H16N4O4S/c1-4-7-19-15(22)12(14(21)17-16(19)25)8-10-5-6-11(18(2)3)9-13(10)20(23)24/h4-6,8-9H,1,7H2,2-3H3,(H,17,21,25)/b12-8+. The predicted molar refractivity (Wildman–Crippen MR) is 98.1 cm³/mol. The van der Waals surface area contributed by atoms with Gasteiger partial charge in [-0.1, -0.05) is 6.08 Å². The van der Waals surface area contributed by atoms with E-state index in [1.54, 1.807) is 25.1 Å². The maximum atomic E-state index is 12.5. The Balaban J connectivity index is 2.52. The van der Waals surface area contributed by atoms with Gasteiger partial charge in [0.05, 0.1) is 10.5 Å². The molecular weight excluding hydrogens is 344 g/mol. The molecule has 25 heavy (non-hydrogen) atoms. The monoisotopic (exact) mass is 360 g/mol. The maximum absolute atomic E-state index is 12.5. The summed E-state index contributed by atoms with van der Waals surface area (Å²) >= 11 is 4.96. The number of hydrogen-bond acceptors (Lipinski definition) is 6. The molecule has 0 aromatic heterocycles. The van der Waals surface area contributed by atoms with E-state index in [9.17, 15) is 19.7 Å². The van der Waals surface area contributed by atoms with Crippen molar-refractivity contribution >= 4 is 46.6 Å². The van der Waals surface area contributed by atoms with E-state index in [1.165, 1.54) is 24.3 Å². The van der Waals surface area contributed by atoms with Gasteiger partial charge in [-0.25, -0.2) is 0 Å². The summed E-state index contributed by atoms with van der Waals surface area (Å²) in [5, 5.41) is 13.7. The Kier molecular flexibility index (Phi) is 5.28. The lowest BCUT2D eigenvalue weighted by molar-refractivity contribution is -0.385. The molecule has 0 atom stereocenters. The summed E-state index contributed by atoms with van der Waals surface area (Å²) in [6.45, 7) is 3.66. The zero-order valence-electron chi connectivity index (χ0n) is 13.7. The fourth-order valence-corrected chi connectivity index (χ4v) is 2.48. The summed E-state index contributed by atoms with van der Waals surface area (Å²) in [6, 6.07) is 4.53. The van der Waals surface area contributed by atoms with Gasteiger partial charge in [-0.2, -0.15) is 0 Å². The molecule has 2 rings (SSSR count). The van der Waals surface area contributed by atoms with Crippen LogP contribution in [0.25, 0.3) is 6.08 Å². The molecule has 1 aromatic carbocycles. The van der Waals surface area contributed by atoms with E-state index >= 15 is 0 Å². The SMILES string of the molecule is C=CCN1C(=O)/C(=C/c2ccc(N(C)C)cc2[N+](=O)[O-])C(=O)NC1=S. The Morgan fingerprint density at radius 2 is 2.08 bits per heavy atom. The summed E-state index contributed by atoms with van der Waals surface area (Å²) < 4.78 is 0. The minimum Gasteiger partial charge on any atom is -0.377 e. The largest absolute Gasteiger partial charge is 0.377 e. The summed E-state index contributed by atoms with van der Waals surface area (Å²) in [6.07, 6.45) is 2.67. The van der Waals surface area contributed by atoms with Gasteiger partial charge in [0, 0.05) is 32.4 Å². The first-order valence-corrected chi connectivity index (χ1v) is 7.62. The minimum absolute atomic E-state index is 0.0236. The van der Waals surface area contributed by atoms with Gasteiger partial charge >= 0.3 is 0 Å². The van der Waals surface area contributed by atoms with Crippen LogP contribution >= 0.6 is 12.2 Å². The van der Waals surface area contributed by atoms with Crippen LogP contribution in [0, 0.1) is 10.1 Å². The average molecular weight is 360 g/mol. The molecule has 130 valence electrons. The molecule has 0 saturated carbocycles. The minimum atomic E-state index is -0.693. The number of anilines is 1. The molecule has 1 N–H and O–H groups in total. The van der Waals surface area contributed by atoms with Gasteiger partial charge in [0.15, 0.2) is 5.11 Å². The number of amides is 2. The van der Waals surface area contributed by atoms with Crippen LogP contribution in [0.2, 0.25) is 0 Å². The van der Waals surface area contributed by atoms with Crippen LogP contribution in [0.1, 0.15) is 5.56 Å². The maximum Gasteiger partial charge on any atom is 0.278 e. The van der Waals surface area contributed by atoms with Crippen molar-refractivity contribution in [3.05, 3.63) is 52.1 Å². The molecule has 1 saturated heterocycles. The Labute approximate surface area is 149 Å². The van der Waals surface area contributed by atoms with Crippen molar-refractivity contribution in [3.63, 3.8) is 0 Å². The van der Waals surface area contributed by atoms with Crippen LogP contribution < -0.4 is 10.2 Å². The number of carbonyl (C=O) groups is 2. The van der Waals surface area contributed by atoms with Crippen LogP contribution in [0.4, 0.5) is 11.4 Å². The number of nitrogens with one attached hydrogen (secondary N) is 1. The number of carbonyl (C=O) groups excluding carboxylic acids is 2. The van der Waals surface area contributed by atoms with E-state index in [0.717, 1.165) is 4.90 Å². The molecule has 8 nitrogen and oxygen atoms in total. The first kappa shape index (κ1) is 18.3. The topological polar surface area (TPSA) is 95.8 Å². The van der Waals surface area contributed by atoms with E-state index in [-0.39, 0.29) is 28.5 Å². The second-order valence-corrected chi connectivity index (χ2v) is 5.80. The average Bonchev–Trinajstić information content (AvgIpc) is 2.55. The van der Waals surface area contributed by atoms with Gasteiger partial charge in [0.25, 0.3) is 17.5 Å². The summed E-state index contributed by atoms with van der Waals surface area (Å²) in [7, 11) is 3.51. The second kappa shape index (κ2) is 7.22. The number of nitro benzene ring substituents is 1. The molecule has 0 unspecified atom stereocenters. The quantitative estimate of drug-likeness (QED) is 0.213. The van der Waals surface area contributed by atoms with Crippen molar-refractivity contribution in [2.75, 3.05) is 25.5 Å². The normalized spacial score (nSPS) is 16.0. The number of hydrogen-bond donors (Lipinski definition) is 1. The fraction of sp³-hybridized carbons (Fsp3) is 0.188. The Bertz CT molecular complexity index is 816. The van der Waals surface area contributed by atoms with Crippen LogP contribution in [0.3, 0.4) is 0 Å². The van der Waals surface area contributed by atoms with Crippen molar-refractivity contribution in [1.82, 2.24) is 10.2 Å². The number of nitrogens with zero attached hydrogens (tertiary/aromatic N) is 3. The van der Waals surface area contributed by atoms with E-state index in [0.29, 0.717) is 5.69 Å². The van der Waals surface area contributed by atoms with Crippen LogP contribution in [-0.2, 0) is 9.59 Å². The van der Waals surface area contributed by atoms with Crippen LogP contribution in [0.15, 0.2) is 36.4 Å². The molecule has 0 spiro atoms. The van der Waals surface area contributed by atoms with E-state index in [4.69, 9.17) is 12.2 Å². The Morgan fingerprint density at radius 1 is 1.40 bits per heavy atom. The summed E-state index contributed by atoms with van der Waals surface area (Å²) in [4.78, 5) is 38.3. The van der Waals surface area contributed by atoms with Crippen molar-refractivity contribution in [2.45, 2.75) is 0 Å². The van der Waals surface area contributed by atoms with Gasteiger partial charge in [-0.3, -0.25) is 29.9 Å². The number of thiocarbonyl (C=S) groups is 1. The molecule has 2 amide bonds. The third-order valence-electron chi connectivity index (χ3n) is 3.52. The smallest absolute Gasteiger partial charge is 0.278 e. The van der Waals surface area contributed by atoms with E-state index in [1.807, 2.05) is 0 Å². The third kappa shape index (κ3) is 3.72.